The Hall–Kier alpha value is -2.46. The van der Waals surface area contributed by atoms with Crippen LogP contribution in [0.2, 0.25) is 0 Å². The summed E-state index contributed by atoms with van der Waals surface area (Å²) >= 11 is 0. The fourth-order valence-corrected chi connectivity index (χ4v) is 2.55. The molecule has 0 aliphatic rings. The summed E-state index contributed by atoms with van der Waals surface area (Å²) in [7, 11) is 0. The van der Waals surface area contributed by atoms with Crippen molar-refractivity contribution in [3.05, 3.63) is 77.4 Å². The second-order valence-corrected chi connectivity index (χ2v) is 5.16. The lowest BCUT2D eigenvalue weighted by molar-refractivity contribution is 0.736. The van der Waals surface area contributed by atoms with Crippen LogP contribution in [0.25, 0.3) is 5.69 Å². The number of benzene rings is 1. The molecule has 2 N–H and O–H groups in total. The topological polar surface area (TPSA) is 56.7 Å². The molecule has 0 aliphatic carbocycles. The average molecular weight is 278 g/mol. The lowest BCUT2D eigenvalue weighted by Crippen LogP contribution is -2.17. The maximum absolute atomic E-state index is 6.45. The van der Waals surface area contributed by atoms with Crippen molar-refractivity contribution in [2.24, 2.45) is 5.73 Å². The Balaban J connectivity index is 2.03. The molecule has 0 amide bonds. The third-order valence-corrected chi connectivity index (χ3v) is 3.45. The molecule has 21 heavy (non-hydrogen) atoms. The van der Waals surface area contributed by atoms with Crippen LogP contribution >= 0.6 is 0 Å². The molecule has 1 aromatic carbocycles. The van der Waals surface area contributed by atoms with E-state index in [2.05, 4.69) is 10.1 Å². The van der Waals surface area contributed by atoms with Gasteiger partial charge in [0.05, 0.1) is 17.4 Å². The fourth-order valence-electron chi connectivity index (χ4n) is 2.55. The molecule has 4 nitrogen and oxygen atoms in total. The standard InChI is InChI=1S/C17H18N4/c1-12-10-14(11-13(2)20-12)17(18)16-8-9-19-21(16)15-6-4-3-5-7-15/h3-11,17H,18H2,1-2H3. The molecule has 0 spiro atoms. The Bertz CT molecular complexity index is 726. The molecule has 0 saturated carbocycles. The minimum Gasteiger partial charge on any atom is -0.319 e. The SMILES string of the molecule is Cc1cc(C(N)c2ccnn2-c2ccccc2)cc(C)n1. The van der Waals surface area contributed by atoms with Crippen molar-refractivity contribution in [1.29, 1.82) is 0 Å². The van der Waals surface area contributed by atoms with Gasteiger partial charge in [0.25, 0.3) is 0 Å². The number of aromatic nitrogens is 3. The van der Waals surface area contributed by atoms with Crippen LogP contribution in [-0.2, 0) is 0 Å². The Morgan fingerprint density at radius 1 is 1.00 bits per heavy atom. The number of hydrogen-bond donors (Lipinski definition) is 1. The fraction of sp³-hybridized carbons (Fsp3) is 0.176. The number of rotatable bonds is 3. The zero-order valence-electron chi connectivity index (χ0n) is 12.2. The number of nitrogens with two attached hydrogens (primary N) is 1. The maximum Gasteiger partial charge on any atom is 0.0729 e. The summed E-state index contributed by atoms with van der Waals surface area (Å²) in [5, 5.41) is 4.40. The number of pyridine rings is 1. The summed E-state index contributed by atoms with van der Waals surface area (Å²) in [5.74, 6) is 0. The molecule has 2 aromatic heterocycles. The van der Waals surface area contributed by atoms with Gasteiger partial charge in [-0.05, 0) is 49.7 Å². The van der Waals surface area contributed by atoms with E-state index in [-0.39, 0.29) is 6.04 Å². The highest BCUT2D eigenvalue weighted by Gasteiger charge is 2.15. The summed E-state index contributed by atoms with van der Waals surface area (Å²) in [6.07, 6.45) is 1.78. The van der Waals surface area contributed by atoms with Gasteiger partial charge < -0.3 is 5.73 Å². The van der Waals surface area contributed by atoms with Gasteiger partial charge in [0.15, 0.2) is 0 Å². The van der Waals surface area contributed by atoms with E-state index in [0.29, 0.717) is 0 Å². The summed E-state index contributed by atoms with van der Waals surface area (Å²) in [6, 6.07) is 15.8. The molecule has 0 saturated heterocycles. The first-order valence-electron chi connectivity index (χ1n) is 6.95. The Kier molecular flexibility index (Phi) is 3.54. The van der Waals surface area contributed by atoms with Crippen LogP contribution in [0.3, 0.4) is 0 Å². The predicted octanol–water partition coefficient (Wildman–Crippen LogP) is 2.93. The van der Waals surface area contributed by atoms with Gasteiger partial charge in [-0.2, -0.15) is 5.10 Å². The van der Waals surface area contributed by atoms with Crippen molar-refractivity contribution in [2.75, 3.05) is 0 Å². The van der Waals surface area contributed by atoms with Gasteiger partial charge in [-0.15, -0.1) is 0 Å². The second-order valence-electron chi connectivity index (χ2n) is 5.16. The Morgan fingerprint density at radius 2 is 1.67 bits per heavy atom. The van der Waals surface area contributed by atoms with Crippen LogP contribution in [0.5, 0.6) is 0 Å². The monoisotopic (exact) mass is 278 g/mol. The third kappa shape index (κ3) is 2.71. The second kappa shape index (κ2) is 5.50. The molecule has 106 valence electrons. The largest absolute Gasteiger partial charge is 0.319 e. The van der Waals surface area contributed by atoms with Crippen LogP contribution in [0.1, 0.15) is 28.7 Å². The minimum absolute atomic E-state index is 0.229. The van der Waals surface area contributed by atoms with Gasteiger partial charge in [-0.25, -0.2) is 4.68 Å². The molecule has 0 bridgehead atoms. The molecule has 3 aromatic rings. The molecular weight excluding hydrogens is 260 g/mol. The van der Waals surface area contributed by atoms with Gasteiger partial charge >= 0.3 is 0 Å². The van der Waals surface area contributed by atoms with Gasteiger partial charge in [0.2, 0.25) is 0 Å². The van der Waals surface area contributed by atoms with E-state index in [1.54, 1.807) is 6.20 Å². The highest BCUT2D eigenvalue weighted by molar-refractivity contribution is 5.36. The van der Waals surface area contributed by atoms with Crippen molar-refractivity contribution in [1.82, 2.24) is 14.8 Å². The van der Waals surface area contributed by atoms with E-state index in [4.69, 9.17) is 5.73 Å². The highest BCUT2D eigenvalue weighted by Crippen LogP contribution is 2.22. The van der Waals surface area contributed by atoms with E-state index in [0.717, 1.165) is 28.3 Å². The molecule has 0 fully saturated rings. The van der Waals surface area contributed by atoms with Crippen LogP contribution < -0.4 is 5.73 Å². The lowest BCUT2D eigenvalue weighted by Gasteiger charge is -2.15. The van der Waals surface area contributed by atoms with E-state index in [9.17, 15) is 0 Å². The first-order chi connectivity index (χ1) is 10.1. The average Bonchev–Trinajstić information content (AvgIpc) is 2.95. The van der Waals surface area contributed by atoms with E-state index >= 15 is 0 Å². The third-order valence-electron chi connectivity index (χ3n) is 3.45. The van der Waals surface area contributed by atoms with Crippen molar-refractivity contribution in [3.8, 4) is 5.69 Å². The zero-order valence-corrected chi connectivity index (χ0v) is 12.2. The van der Waals surface area contributed by atoms with Crippen LogP contribution in [-0.4, -0.2) is 14.8 Å². The lowest BCUT2D eigenvalue weighted by atomic mass is 10.0. The molecular formula is C17H18N4. The van der Waals surface area contributed by atoms with Crippen LogP contribution in [0, 0.1) is 13.8 Å². The zero-order chi connectivity index (χ0) is 14.8. The summed E-state index contributed by atoms with van der Waals surface area (Å²) in [5.41, 5.74) is 11.4. The van der Waals surface area contributed by atoms with Crippen LogP contribution in [0.15, 0.2) is 54.7 Å². The van der Waals surface area contributed by atoms with E-state index in [1.807, 2.05) is 67.1 Å². The van der Waals surface area contributed by atoms with Crippen molar-refractivity contribution < 1.29 is 0 Å². The molecule has 3 rings (SSSR count). The maximum atomic E-state index is 6.45. The molecule has 0 aliphatic heterocycles. The van der Waals surface area contributed by atoms with Crippen molar-refractivity contribution >= 4 is 0 Å². The van der Waals surface area contributed by atoms with Crippen molar-refractivity contribution in [2.45, 2.75) is 19.9 Å². The molecule has 1 unspecified atom stereocenters. The van der Waals surface area contributed by atoms with Gasteiger partial charge in [0, 0.05) is 17.6 Å². The van der Waals surface area contributed by atoms with Crippen molar-refractivity contribution in [3.63, 3.8) is 0 Å². The predicted molar refractivity (Wildman–Crippen MR) is 83.3 cm³/mol. The van der Waals surface area contributed by atoms with Gasteiger partial charge in [-0.1, -0.05) is 18.2 Å². The molecule has 2 heterocycles. The highest BCUT2D eigenvalue weighted by atomic mass is 15.3. The van der Waals surface area contributed by atoms with Gasteiger partial charge in [-0.3, -0.25) is 4.98 Å². The van der Waals surface area contributed by atoms with Crippen LogP contribution in [0.4, 0.5) is 0 Å². The Labute approximate surface area is 124 Å². The quantitative estimate of drug-likeness (QED) is 0.801. The first kappa shape index (κ1) is 13.5. The molecule has 1 atom stereocenters. The number of nitrogens with zero attached hydrogens (tertiary/aromatic N) is 3. The smallest absolute Gasteiger partial charge is 0.0729 e. The molecule has 0 radical (unpaired) electrons. The number of aryl methyl sites for hydroxylation is 2. The summed E-state index contributed by atoms with van der Waals surface area (Å²) < 4.78 is 1.88. The van der Waals surface area contributed by atoms with E-state index < -0.39 is 0 Å². The summed E-state index contributed by atoms with van der Waals surface area (Å²) in [6.45, 7) is 3.97. The molecule has 4 heteroatoms. The van der Waals surface area contributed by atoms with E-state index in [1.165, 1.54) is 0 Å². The van der Waals surface area contributed by atoms with Gasteiger partial charge in [0.1, 0.15) is 0 Å². The summed E-state index contributed by atoms with van der Waals surface area (Å²) in [4.78, 5) is 4.40. The normalized spacial score (nSPS) is 12.3. The first-order valence-corrected chi connectivity index (χ1v) is 6.95. The number of para-hydroxylation sites is 1. The Morgan fingerprint density at radius 3 is 2.33 bits per heavy atom. The minimum atomic E-state index is -0.229. The number of hydrogen-bond acceptors (Lipinski definition) is 3.